The number of carbonyl (C=O) groups excluding carboxylic acids is 1. The highest BCUT2D eigenvalue weighted by Gasteiger charge is 2.52. The lowest BCUT2D eigenvalue weighted by Gasteiger charge is -2.30. The zero-order valence-electron chi connectivity index (χ0n) is 13.6. The van der Waals surface area contributed by atoms with E-state index in [9.17, 15) is 14.4 Å². The summed E-state index contributed by atoms with van der Waals surface area (Å²) in [5.41, 5.74) is 0.170. The molecular formula is C19H16FN3O2. The third-order valence-electron chi connectivity index (χ3n) is 4.35. The number of aliphatic imine (C=N–C) groups is 1. The molecule has 0 spiro atoms. The van der Waals surface area contributed by atoms with E-state index in [2.05, 4.69) is 16.0 Å². The van der Waals surface area contributed by atoms with Crippen LogP contribution in [0.3, 0.4) is 0 Å². The van der Waals surface area contributed by atoms with Gasteiger partial charge in [0.1, 0.15) is 11.2 Å². The van der Waals surface area contributed by atoms with Crippen LogP contribution in [0.25, 0.3) is 0 Å². The van der Waals surface area contributed by atoms with Crippen LogP contribution in [0, 0.1) is 17.1 Å². The Morgan fingerprint density at radius 3 is 2.56 bits per heavy atom. The fourth-order valence-corrected chi connectivity index (χ4v) is 3.20. The number of benzene rings is 1. The van der Waals surface area contributed by atoms with E-state index in [1.54, 1.807) is 43.6 Å². The SMILES string of the molecule is CCOC(=O)[C@@H]1N=C[C@](C#N)(c2ccncc2)[C@H]1c1ccc(F)cc1. The first-order valence-electron chi connectivity index (χ1n) is 7.90. The Labute approximate surface area is 144 Å². The summed E-state index contributed by atoms with van der Waals surface area (Å²) < 4.78 is 18.5. The van der Waals surface area contributed by atoms with Gasteiger partial charge in [-0.15, -0.1) is 0 Å². The van der Waals surface area contributed by atoms with Crippen molar-refractivity contribution in [3.8, 4) is 6.07 Å². The molecule has 1 aliphatic rings. The van der Waals surface area contributed by atoms with Crippen LogP contribution in [0.15, 0.2) is 53.8 Å². The molecule has 0 unspecified atom stereocenters. The van der Waals surface area contributed by atoms with Gasteiger partial charge in [-0.2, -0.15) is 5.26 Å². The molecule has 0 bridgehead atoms. The van der Waals surface area contributed by atoms with Gasteiger partial charge in [-0.1, -0.05) is 12.1 Å². The summed E-state index contributed by atoms with van der Waals surface area (Å²) in [6, 6.07) is 10.7. The third-order valence-corrected chi connectivity index (χ3v) is 4.35. The summed E-state index contributed by atoms with van der Waals surface area (Å²) in [5, 5.41) is 10.00. The van der Waals surface area contributed by atoms with E-state index < -0.39 is 23.3 Å². The molecule has 3 atom stereocenters. The van der Waals surface area contributed by atoms with Crippen molar-refractivity contribution < 1.29 is 13.9 Å². The number of hydrogen-bond acceptors (Lipinski definition) is 5. The first-order valence-corrected chi connectivity index (χ1v) is 7.90. The summed E-state index contributed by atoms with van der Waals surface area (Å²) in [4.78, 5) is 20.7. The molecular weight excluding hydrogens is 321 g/mol. The van der Waals surface area contributed by atoms with Gasteiger partial charge in [0.25, 0.3) is 0 Å². The molecule has 0 amide bonds. The molecule has 0 fully saturated rings. The average Bonchev–Trinajstić information content (AvgIpc) is 3.04. The molecule has 6 heteroatoms. The molecule has 0 aliphatic carbocycles. The Morgan fingerprint density at radius 2 is 1.96 bits per heavy atom. The van der Waals surface area contributed by atoms with Gasteiger partial charge in [-0.3, -0.25) is 9.98 Å². The van der Waals surface area contributed by atoms with Crippen LogP contribution < -0.4 is 0 Å². The lowest BCUT2D eigenvalue weighted by molar-refractivity contribution is -0.145. The Morgan fingerprint density at radius 1 is 1.28 bits per heavy atom. The fourth-order valence-electron chi connectivity index (χ4n) is 3.20. The Hall–Kier alpha value is -3.07. The normalized spacial score (nSPS) is 24.7. The van der Waals surface area contributed by atoms with Crippen molar-refractivity contribution in [2.45, 2.75) is 24.3 Å². The zero-order chi connectivity index (χ0) is 17.9. The highest BCUT2D eigenvalue weighted by molar-refractivity contribution is 5.91. The van der Waals surface area contributed by atoms with Crippen LogP contribution in [-0.2, 0) is 14.9 Å². The molecule has 5 nitrogen and oxygen atoms in total. The first kappa shape index (κ1) is 16.8. The van der Waals surface area contributed by atoms with Crippen molar-refractivity contribution in [2.75, 3.05) is 6.61 Å². The van der Waals surface area contributed by atoms with Crippen molar-refractivity contribution >= 4 is 12.2 Å². The molecule has 0 N–H and O–H groups in total. The van der Waals surface area contributed by atoms with Crippen LogP contribution in [-0.4, -0.2) is 29.8 Å². The van der Waals surface area contributed by atoms with Crippen LogP contribution >= 0.6 is 0 Å². The molecule has 0 saturated carbocycles. The van der Waals surface area contributed by atoms with E-state index in [0.29, 0.717) is 11.1 Å². The van der Waals surface area contributed by atoms with E-state index in [1.807, 2.05) is 0 Å². The minimum atomic E-state index is -1.15. The largest absolute Gasteiger partial charge is 0.464 e. The highest BCUT2D eigenvalue weighted by Crippen LogP contribution is 2.45. The summed E-state index contributed by atoms with van der Waals surface area (Å²) >= 11 is 0. The van der Waals surface area contributed by atoms with Gasteiger partial charge >= 0.3 is 5.97 Å². The van der Waals surface area contributed by atoms with Gasteiger partial charge in [-0.05, 0) is 42.3 Å². The van der Waals surface area contributed by atoms with Crippen molar-refractivity contribution in [3.63, 3.8) is 0 Å². The Bertz CT molecular complexity index is 830. The monoisotopic (exact) mass is 337 g/mol. The molecule has 0 saturated heterocycles. The predicted molar refractivity (Wildman–Crippen MR) is 89.6 cm³/mol. The Balaban J connectivity index is 2.14. The summed E-state index contributed by atoms with van der Waals surface area (Å²) in [6.45, 7) is 1.93. The van der Waals surface area contributed by atoms with Gasteiger partial charge in [0.05, 0.1) is 12.7 Å². The zero-order valence-corrected chi connectivity index (χ0v) is 13.6. The number of esters is 1. The van der Waals surface area contributed by atoms with E-state index in [0.717, 1.165) is 0 Å². The summed E-state index contributed by atoms with van der Waals surface area (Å²) in [5.74, 6) is -1.50. The van der Waals surface area contributed by atoms with Crippen LogP contribution in [0.5, 0.6) is 0 Å². The molecule has 126 valence electrons. The van der Waals surface area contributed by atoms with Crippen LogP contribution in [0.1, 0.15) is 24.0 Å². The van der Waals surface area contributed by atoms with Crippen molar-refractivity contribution in [1.29, 1.82) is 5.26 Å². The number of rotatable bonds is 4. The van der Waals surface area contributed by atoms with Crippen LogP contribution in [0.2, 0.25) is 0 Å². The summed E-state index contributed by atoms with van der Waals surface area (Å²) in [7, 11) is 0. The van der Waals surface area contributed by atoms with Crippen molar-refractivity contribution in [2.24, 2.45) is 4.99 Å². The standard InChI is InChI=1S/C19H16FN3O2/c1-2-25-18(24)17-16(13-3-5-15(20)6-4-13)19(11-21,12-23-17)14-7-9-22-10-8-14/h3-10,12,16-17H,2H2,1H3/t16-,17+,19+/m0/s1. The lowest BCUT2D eigenvalue weighted by Crippen LogP contribution is -2.38. The lowest BCUT2D eigenvalue weighted by atomic mass is 9.68. The number of aromatic nitrogens is 1. The van der Waals surface area contributed by atoms with Crippen molar-refractivity contribution in [3.05, 3.63) is 65.7 Å². The topological polar surface area (TPSA) is 75.3 Å². The second-order valence-corrected chi connectivity index (χ2v) is 5.72. The van der Waals surface area contributed by atoms with E-state index in [-0.39, 0.29) is 12.4 Å². The maximum absolute atomic E-state index is 13.4. The number of nitrogens with zero attached hydrogens (tertiary/aromatic N) is 3. The molecule has 2 aromatic rings. The quantitative estimate of drug-likeness (QED) is 0.804. The number of hydrogen-bond donors (Lipinski definition) is 0. The number of halogens is 1. The number of pyridine rings is 1. The van der Waals surface area contributed by atoms with Gasteiger partial charge in [0.15, 0.2) is 6.04 Å². The third kappa shape index (κ3) is 2.89. The summed E-state index contributed by atoms with van der Waals surface area (Å²) in [6.07, 6.45) is 4.67. The minimum absolute atomic E-state index is 0.218. The van der Waals surface area contributed by atoms with Crippen molar-refractivity contribution in [1.82, 2.24) is 4.98 Å². The molecule has 1 aromatic heterocycles. The highest BCUT2D eigenvalue weighted by atomic mass is 19.1. The fraction of sp³-hybridized carbons (Fsp3) is 0.263. The first-order chi connectivity index (χ1) is 12.1. The molecule has 1 aliphatic heterocycles. The van der Waals surface area contributed by atoms with Crippen LogP contribution in [0.4, 0.5) is 4.39 Å². The van der Waals surface area contributed by atoms with E-state index in [4.69, 9.17) is 4.74 Å². The Kier molecular flexibility index (Phi) is 4.57. The molecule has 2 heterocycles. The molecule has 0 radical (unpaired) electrons. The maximum Gasteiger partial charge on any atom is 0.331 e. The maximum atomic E-state index is 13.4. The second-order valence-electron chi connectivity index (χ2n) is 5.72. The van der Waals surface area contributed by atoms with Gasteiger partial charge in [-0.25, -0.2) is 9.18 Å². The predicted octanol–water partition coefficient (Wildman–Crippen LogP) is 2.78. The number of nitriles is 1. The number of carbonyl (C=O) groups is 1. The molecule has 1 aromatic carbocycles. The number of ether oxygens (including phenoxy) is 1. The van der Waals surface area contributed by atoms with E-state index >= 15 is 0 Å². The second kappa shape index (κ2) is 6.81. The minimum Gasteiger partial charge on any atom is -0.464 e. The van der Waals surface area contributed by atoms with Gasteiger partial charge < -0.3 is 4.74 Å². The smallest absolute Gasteiger partial charge is 0.331 e. The molecule has 25 heavy (non-hydrogen) atoms. The van der Waals surface area contributed by atoms with Gasteiger partial charge in [0, 0.05) is 24.5 Å². The van der Waals surface area contributed by atoms with E-state index in [1.165, 1.54) is 18.3 Å². The van der Waals surface area contributed by atoms with Gasteiger partial charge in [0.2, 0.25) is 0 Å². The molecule has 3 rings (SSSR count). The average molecular weight is 337 g/mol.